The molecule has 1 aromatic rings. The Kier molecular flexibility index (Phi) is 2.81. The van der Waals surface area contributed by atoms with Crippen LogP contribution >= 0.6 is 22.6 Å². The van der Waals surface area contributed by atoms with Crippen molar-refractivity contribution in [3.63, 3.8) is 0 Å². The average molecular weight is 287 g/mol. The lowest BCUT2D eigenvalue weighted by Gasteiger charge is -2.07. The first-order valence-electron chi connectivity index (χ1n) is 2.90. The second kappa shape index (κ2) is 3.51. The average Bonchev–Trinajstić information content (AvgIpc) is 1.82. The van der Waals surface area contributed by atoms with Crippen LogP contribution in [0, 0.1) is 9.64 Å². The summed E-state index contributed by atoms with van der Waals surface area (Å²) in [4.78, 5) is 0. The maximum atomic E-state index is 11.6. The molecule has 1 nitrogen and oxygen atoms in total. The molecule has 1 radical (unpaired) electrons. The monoisotopic (exact) mass is 287 g/mol. The Morgan fingerprint density at radius 3 is 2.50 bits per heavy atom. The third-order valence-electron chi connectivity index (χ3n) is 0.961. The quantitative estimate of drug-likeness (QED) is 0.721. The second-order valence-corrected chi connectivity index (χ2v) is 3.18. The van der Waals surface area contributed by atoms with Crippen LogP contribution in [0.25, 0.3) is 0 Å². The molecule has 5 heteroatoms. The van der Waals surface area contributed by atoms with Gasteiger partial charge in [-0.25, -0.2) is 0 Å². The van der Waals surface area contributed by atoms with Gasteiger partial charge < -0.3 is 4.74 Å². The van der Waals surface area contributed by atoms with E-state index in [2.05, 4.69) is 10.8 Å². The predicted molar refractivity (Wildman–Crippen MR) is 44.7 cm³/mol. The van der Waals surface area contributed by atoms with Gasteiger partial charge in [-0.05, 0) is 46.9 Å². The Balaban J connectivity index is 2.77. The number of benzene rings is 1. The summed E-state index contributed by atoms with van der Waals surface area (Å²) in [5.74, 6) is -0.241. The molecule has 0 aliphatic rings. The topological polar surface area (TPSA) is 9.23 Å². The van der Waals surface area contributed by atoms with E-state index in [-0.39, 0.29) is 5.75 Å². The van der Waals surface area contributed by atoms with E-state index in [1.807, 2.05) is 22.6 Å². The van der Waals surface area contributed by atoms with Gasteiger partial charge in [-0.3, -0.25) is 0 Å². The van der Waals surface area contributed by atoms with Crippen LogP contribution in [0.4, 0.5) is 13.2 Å². The van der Waals surface area contributed by atoms with Gasteiger partial charge in [0.25, 0.3) is 0 Å². The summed E-state index contributed by atoms with van der Waals surface area (Å²) in [7, 11) is 0. The minimum atomic E-state index is -4.63. The Morgan fingerprint density at radius 1 is 1.33 bits per heavy atom. The first-order valence-corrected chi connectivity index (χ1v) is 3.97. The van der Waals surface area contributed by atoms with Crippen molar-refractivity contribution in [2.75, 3.05) is 0 Å². The van der Waals surface area contributed by atoms with Gasteiger partial charge >= 0.3 is 6.36 Å². The van der Waals surface area contributed by atoms with Crippen LogP contribution in [0.2, 0.25) is 0 Å². The summed E-state index contributed by atoms with van der Waals surface area (Å²) in [5.41, 5.74) is 0. The molecule has 0 fully saturated rings. The van der Waals surface area contributed by atoms with Gasteiger partial charge in [-0.2, -0.15) is 0 Å². The summed E-state index contributed by atoms with van der Waals surface area (Å²) in [6, 6.07) is 6.50. The zero-order valence-electron chi connectivity index (χ0n) is 5.65. The molecule has 0 N–H and O–H groups in total. The van der Waals surface area contributed by atoms with Gasteiger partial charge in [-0.15, -0.1) is 13.2 Å². The summed E-state index contributed by atoms with van der Waals surface area (Å²) in [5, 5.41) is 0. The van der Waals surface area contributed by atoms with E-state index in [1.54, 1.807) is 6.07 Å². The highest BCUT2D eigenvalue weighted by atomic mass is 127. The fraction of sp³-hybridized carbons (Fsp3) is 0.143. The first kappa shape index (κ1) is 9.63. The van der Waals surface area contributed by atoms with Crippen LogP contribution in [0.3, 0.4) is 0 Å². The molecule has 0 heterocycles. The van der Waals surface area contributed by atoms with Gasteiger partial charge in [0.05, 0.1) is 0 Å². The molecule has 0 aliphatic carbocycles. The van der Waals surface area contributed by atoms with Crippen molar-refractivity contribution in [2.24, 2.45) is 0 Å². The highest BCUT2D eigenvalue weighted by Crippen LogP contribution is 2.23. The highest BCUT2D eigenvalue weighted by molar-refractivity contribution is 14.1. The number of rotatable bonds is 1. The zero-order chi connectivity index (χ0) is 9.19. The normalized spacial score (nSPS) is 11.3. The van der Waals surface area contributed by atoms with E-state index in [1.165, 1.54) is 6.07 Å². The Hall–Kier alpha value is -0.460. The maximum Gasteiger partial charge on any atom is 0.573 e. The molecule has 0 unspecified atom stereocenters. The van der Waals surface area contributed by atoms with Crippen molar-refractivity contribution in [2.45, 2.75) is 6.36 Å². The maximum absolute atomic E-state index is 11.6. The molecule has 12 heavy (non-hydrogen) atoms. The molecular weight excluding hydrogens is 284 g/mol. The largest absolute Gasteiger partial charge is 0.573 e. The van der Waals surface area contributed by atoms with E-state index >= 15 is 0 Å². The smallest absolute Gasteiger partial charge is 0.406 e. The van der Waals surface area contributed by atoms with E-state index in [9.17, 15) is 13.2 Å². The molecule has 0 amide bonds. The minimum absolute atomic E-state index is 0.241. The Morgan fingerprint density at radius 2 is 2.00 bits per heavy atom. The van der Waals surface area contributed by atoms with Crippen LogP contribution in [0.15, 0.2) is 18.2 Å². The predicted octanol–water partition coefficient (Wildman–Crippen LogP) is 2.99. The molecule has 0 aromatic heterocycles. The van der Waals surface area contributed by atoms with Gasteiger partial charge in [0.2, 0.25) is 0 Å². The van der Waals surface area contributed by atoms with Crippen LogP contribution in [0.5, 0.6) is 5.75 Å². The number of halogens is 4. The first-order chi connectivity index (χ1) is 5.47. The van der Waals surface area contributed by atoms with E-state index < -0.39 is 6.36 Å². The fourth-order valence-electron chi connectivity index (χ4n) is 0.615. The molecule has 0 aliphatic heterocycles. The lowest BCUT2D eigenvalue weighted by atomic mass is 10.3. The SMILES string of the molecule is FC(F)(F)Oc1c[c]cc(I)c1. The molecule has 0 spiro atoms. The molecule has 1 aromatic carbocycles. The third kappa shape index (κ3) is 3.29. The van der Waals surface area contributed by atoms with E-state index in [4.69, 9.17) is 0 Å². The van der Waals surface area contributed by atoms with Crippen molar-refractivity contribution in [3.05, 3.63) is 27.8 Å². The summed E-state index contributed by atoms with van der Waals surface area (Å²) < 4.78 is 39.2. The molecule has 65 valence electrons. The van der Waals surface area contributed by atoms with Crippen molar-refractivity contribution in [3.8, 4) is 5.75 Å². The molecule has 0 atom stereocenters. The summed E-state index contributed by atoms with van der Waals surface area (Å²) in [6.07, 6.45) is -4.63. The number of ether oxygens (including phenoxy) is 1. The van der Waals surface area contributed by atoms with E-state index in [0.717, 1.165) is 6.07 Å². The minimum Gasteiger partial charge on any atom is -0.406 e. The zero-order valence-corrected chi connectivity index (χ0v) is 7.81. The van der Waals surface area contributed by atoms with Gasteiger partial charge in [-0.1, -0.05) is 0 Å². The third-order valence-corrected chi connectivity index (χ3v) is 1.58. The van der Waals surface area contributed by atoms with Gasteiger partial charge in [0.1, 0.15) is 5.75 Å². The molecule has 0 saturated heterocycles. The number of hydrogen-bond acceptors (Lipinski definition) is 1. The lowest BCUT2D eigenvalue weighted by molar-refractivity contribution is -0.274. The lowest BCUT2D eigenvalue weighted by Crippen LogP contribution is -2.17. The fourth-order valence-corrected chi connectivity index (χ4v) is 1.10. The molecule has 0 saturated carbocycles. The van der Waals surface area contributed by atoms with Crippen molar-refractivity contribution < 1.29 is 17.9 Å². The van der Waals surface area contributed by atoms with Crippen molar-refractivity contribution in [1.82, 2.24) is 0 Å². The van der Waals surface area contributed by atoms with Gasteiger partial charge in [0, 0.05) is 3.57 Å². The van der Waals surface area contributed by atoms with Crippen LogP contribution in [0.1, 0.15) is 0 Å². The molecular formula is C7H3F3IO. The van der Waals surface area contributed by atoms with Crippen LogP contribution in [-0.2, 0) is 0 Å². The highest BCUT2D eigenvalue weighted by Gasteiger charge is 2.30. The Labute approximate surface area is 80.7 Å². The van der Waals surface area contributed by atoms with Crippen molar-refractivity contribution in [1.29, 1.82) is 0 Å². The second-order valence-electron chi connectivity index (χ2n) is 1.93. The molecule has 1 rings (SSSR count). The van der Waals surface area contributed by atoms with Gasteiger partial charge in [0.15, 0.2) is 0 Å². The summed E-state index contributed by atoms with van der Waals surface area (Å²) in [6.45, 7) is 0. The number of hydrogen-bond donors (Lipinski definition) is 0. The Bertz CT molecular complexity index is 272. The van der Waals surface area contributed by atoms with E-state index in [0.29, 0.717) is 3.57 Å². The standard InChI is InChI=1S/C7H3F3IO/c8-7(9,10)12-6-3-1-2-5(11)4-6/h2-4H. The number of alkyl halides is 3. The van der Waals surface area contributed by atoms with Crippen LogP contribution in [-0.4, -0.2) is 6.36 Å². The van der Waals surface area contributed by atoms with Crippen LogP contribution < -0.4 is 4.74 Å². The van der Waals surface area contributed by atoms with Crippen molar-refractivity contribution >= 4 is 22.6 Å². The molecule has 0 bridgehead atoms. The summed E-state index contributed by atoms with van der Waals surface area (Å²) >= 11 is 1.88.